The molecule has 0 fully saturated rings. The van der Waals surface area contributed by atoms with Crippen LogP contribution in [0.2, 0.25) is 0 Å². The molecule has 0 radical (unpaired) electrons. The molecule has 1 N–H and O–H groups in total. The van der Waals surface area contributed by atoms with E-state index in [1.807, 2.05) is 12.3 Å². The van der Waals surface area contributed by atoms with Crippen LogP contribution in [-0.4, -0.2) is 26.8 Å². The van der Waals surface area contributed by atoms with Gasteiger partial charge in [-0.3, -0.25) is 4.90 Å². The van der Waals surface area contributed by atoms with Crippen LogP contribution in [-0.2, 0) is 19.6 Å². The Morgan fingerprint density at radius 1 is 1.11 bits per heavy atom. The lowest BCUT2D eigenvalue weighted by Crippen LogP contribution is -2.17. The highest BCUT2D eigenvalue weighted by Gasteiger charge is 2.24. The molecule has 0 bridgehead atoms. The van der Waals surface area contributed by atoms with Gasteiger partial charge in [0.05, 0.1) is 24.7 Å². The van der Waals surface area contributed by atoms with E-state index in [1.54, 1.807) is 7.11 Å². The lowest BCUT2D eigenvalue weighted by atomic mass is 10.1. The summed E-state index contributed by atoms with van der Waals surface area (Å²) in [5, 5.41) is 5.85. The maximum Gasteiger partial charge on any atom is 0.121 e. The summed E-state index contributed by atoms with van der Waals surface area (Å²) in [5.74, 6) is 0.893. The molecule has 27 heavy (non-hydrogen) atoms. The van der Waals surface area contributed by atoms with E-state index in [0.717, 1.165) is 36.6 Å². The minimum absolute atomic E-state index is 0.889. The van der Waals surface area contributed by atoms with Gasteiger partial charge in [-0.1, -0.05) is 18.2 Å². The van der Waals surface area contributed by atoms with Gasteiger partial charge in [0.1, 0.15) is 5.75 Å². The third kappa shape index (κ3) is 2.80. The summed E-state index contributed by atoms with van der Waals surface area (Å²) in [4.78, 5) is 6.01. The molecule has 0 saturated heterocycles. The first kappa shape index (κ1) is 16.1. The van der Waals surface area contributed by atoms with Gasteiger partial charge in [-0.15, -0.1) is 0 Å². The number of nitrogens with one attached hydrogen (secondary N) is 1. The molecule has 4 aromatic rings. The van der Waals surface area contributed by atoms with Crippen molar-refractivity contribution in [3.63, 3.8) is 0 Å². The summed E-state index contributed by atoms with van der Waals surface area (Å²) >= 11 is 0. The van der Waals surface area contributed by atoms with Crippen molar-refractivity contribution in [3.05, 3.63) is 77.2 Å². The zero-order valence-corrected chi connectivity index (χ0v) is 15.6. The summed E-state index contributed by atoms with van der Waals surface area (Å²) in [7, 11) is 1.71. The Morgan fingerprint density at radius 3 is 2.78 bits per heavy atom. The second-order valence-corrected chi connectivity index (χ2v) is 7.21. The third-order valence-corrected chi connectivity index (χ3v) is 5.33. The fourth-order valence-corrected chi connectivity index (χ4v) is 4.01. The first-order chi connectivity index (χ1) is 13.2. The van der Waals surface area contributed by atoms with Crippen molar-refractivity contribution < 1.29 is 4.74 Å². The van der Waals surface area contributed by atoms with E-state index in [2.05, 4.69) is 69.1 Å². The fraction of sp³-hybridized carbons (Fsp3) is 0.227. The number of rotatable bonds is 4. The summed E-state index contributed by atoms with van der Waals surface area (Å²) in [6.45, 7) is 4.85. The Labute approximate surface area is 158 Å². The molecule has 2 aromatic carbocycles. The molecule has 0 spiro atoms. The molecule has 0 aliphatic carbocycles. The minimum atomic E-state index is 0.889. The zero-order valence-electron chi connectivity index (χ0n) is 15.6. The smallest absolute Gasteiger partial charge is 0.121 e. The van der Waals surface area contributed by atoms with Crippen LogP contribution in [0.3, 0.4) is 0 Å². The van der Waals surface area contributed by atoms with Crippen LogP contribution in [0.15, 0.2) is 54.7 Å². The molecule has 1 aliphatic heterocycles. The quantitative estimate of drug-likeness (QED) is 0.595. The van der Waals surface area contributed by atoms with E-state index >= 15 is 0 Å². The Hall–Kier alpha value is -3.05. The van der Waals surface area contributed by atoms with Crippen molar-refractivity contribution in [3.8, 4) is 11.4 Å². The van der Waals surface area contributed by atoms with E-state index in [4.69, 9.17) is 4.74 Å². The first-order valence-electron chi connectivity index (χ1n) is 9.21. The normalized spacial score (nSPS) is 14.0. The Bertz CT molecular complexity index is 1110. The lowest BCUT2D eigenvalue weighted by molar-refractivity contribution is 0.268. The number of methoxy groups -OCH3 is 1. The number of hydrogen-bond donors (Lipinski definition) is 1. The monoisotopic (exact) mass is 358 g/mol. The molecular weight excluding hydrogens is 336 g/mol. The second kappa shape index (κ2) is 6.28. The molecule has 136 valence electrons. The second-order valence-electron chi connectivity index (χ2n) is 7.21. The van der Waals surface area contributed by atoms with Crippen molar-refractivity contribution in [1.29, 1.82) is 0 Å². The number of aromatic nitrogens is 3. The summed E-state index contributed by atoms with van der Waals surface area (Å²) in [6, 6.07) is 16.8. The van der Waals surface area contributed by atoms with Crippen LogP contribution in [0.5, 0.6) is 5.75 Å². The topological polar surface area (TPSA) is 46.1 Å². The van der Waals surface area contributed by atoms with Gasteiger partial charge in [0, 0.05) is 47.9 Å². The molecule has 0 saturated carbocycles. The zero-order chi connectivity index (χ0) is 18.4. The summed E-state index contributed by atoms with van der Waals surface area (Å²) in [6.07, 6.45) is 2.00. The van der Waals surface area contributed by atoms with Gasteiger partial charge < -0.3 is 9.72 Å². The van der Waals surface area contributed by atoms with Crippen molar-refractivity contribution in [2.24, 2.45) is 0 Å². The van der Waals surface area contributed by atoms with Crippen molar-refractivity contribution in [1.82, 2.24) is 19.7 Å². The van der Waals surface area contributed by atoms with Crippen molar-refractivity contribution >= 4 is 10.9 Å². The fourth-order valence-electron chi connectivity index (χ4n) is 4.01. The van der Waals surface area contributed by atoms with Crippen molar-refractivity contribution in [2.45, 2.75) is 26.6 Å². The molecule has 5 rings (SSSR count). The summed E-state index contributed by atoms with van der Waals surface area (Å²) < 4.78 is 7.46. The Kier molecular flexibility index (Phi) is 3.76. The highest BCUT2D eigenvalue weighted by Crippen LogP contribution is 2.29. The number of aryl methyl sites for hydroxylation is 1. The standard InChI is InChI=1S/C22H22N4O/c1-15-8-19(27-2)10-21-20(15)9-17(24-21)13-25-12-16-11-23-26(22(16)14-25)18-6-4-3-5-7-18/h3-11,24H,12-14H2,1-2H3. The van der Waals surface area contributed by atoms with E-state index in [1.165, 1.54) is 27.9 Å². The Balaban J connectivity index is 1.39. The van der Waals surface area contributed by atoms with Crippen LogP contribution in [0.1, 0.15) is 22.5 Å². The van der Waals surface area contributed by atoms with Gasteiger partial charge >= 0.3 is 0 Å². The van der Waals surface area contributed by atoms with E-state index in [-0.39, 0.29) is 0 Å². The van der Waals surface area contributed by atoms with Crippen LogP contribution in [0.4, 0.5) is 0 Å². The number of H-pyrrole nitrogens is 1. The van der Waals surface area contributed by atoms with E-state index in [9.17, 15) is 0 Å². The predicted molar refractivity (Wildman–Crippen MR) is 106 cm³/mol. The molecule has 3 heterocycles. The number of fused-ring (bicyclic) bond motifs is 2. The maximum atomic E-state index is 5.39. The van der Waals surface area contributed by atoms with Crippen LogP contribution in [0.25, 0.3) is 16.6 Å². The number of ether oxygens (including phenoxy) is 1. The van der Waals surface area contributed by atoms with Crippen LogP contribution in [0, 0.1) is 6.92 Å². The van der Waals surface area contributed by atoms with E-state index in [0.29, 0.717) is 0 Å². The van der Waals surface area contributed by atoms with Gasteiger partial charge in [0.15, 0.2) is 0 Å². The van der Waals surface area contributed by atoms with Gasteiger partial charge in [-0.25, -0.2) is 4.68 Å². The molecule has 0 atom stereocenters. The van der Waals surface area contributed by atoms with Gasteiger partial charge in [-0.05, 0) is 36.8 Å². The van der Waals surface area contributed by atoms with Crippen LogP contribution < -0.4 is 4.74 Å². The lowest BCUT2D eigenvalue weighted by Gasteiger charge is -2.14. The SMILES string of the molecule is COc1cc(C)c2cc(CN3Cc4cnn(-c5ccccc5)c4C3)[nH]c2c1. The van der Waals surface area contributed by atoms with Gasteiger partial charge in [0.25, 0.3) is 0 Å². The molecule has 0 unspecified atom stereocenters. The van der Waals surface area contributed by atoms with Crippen LogP contribution >= 0.6 is 0 Å². The molecule has 5 heteroatoms. The highest BCUT2D eigenvalue weighted by molar-refractivity contribution is 5.85. The number of hydrogen-bond acceptors (Lipinski definition) is 3. The summed E-state index contributed by atoms with van der Waals surface area (Å²) in [5.41, 5.74) is 7.31. The largest absolute Gasteiger partial charge is 0.497 e. The third-order valence-electron chi connectivity index (χ3n) is 5.33. The molecule has 2 aromatic heterocycles. The number of para-hydroxylation sites is 1. The molecule has 1 aliphatic rings. The first-order valence-corrected chi connectivity index (χ1v) is 9.21. The molecule has 0 amide bonds. The predicted octanol–water partition coefficient (Wildman–Crippen LogP) is 4.19. The minimum Gasteiger partial charge on any atom is -0.497 e. The maximum absolute atomic E-state index is 5.39. The number of aromatic amines is 1. The highest BCUT2D eigenvalue weighted by atomic mass is 16.5. The average Bonchev–Trinajstić information content (AvgIpc) is 3.36. The molecule has 5 nitrogen and oxygen atoms in total. The van der Waals surface area contributed by atoms with Gasteiger partial charge in [0.2, 0.25) is 0 Å². The number of benzene rings is 2. The average molecular weight is 358 g/mol. The Morgan fingerprint density at radius 2 is 1.96 bits per heavy atom. The van der Waals surface area contributed by atoms with Gasteiger partial charge in [-0.2, -0.15) is 5.10 Å². The number of nitrogens with zero attached hydrogens (tertiary/aromatic N) is 3. The van der Waals surface area contributed by atoms with Crippen molar-refractivity contribution in [2.75, 3.05) is 7.11 Å². The van der Waals surface area contributed by atoms with E-state index < -0.39 is 0 Å². The molecular formula is C22H22N4O.